The second-order valence-corrected chi connectivity index (χ2v) is 4.21. The summed E-state index contributed by atoms with van der Waals surface area (Å²) in [4.78, 5) is 25.8. The molecule has 0 atom stereocenters. The van der Waals surface area contributed by atoms with Gasteiger partial charge in [0.2, 0.25) is 0 Å². The number of aldehydes is 1. The van der Waals surface area contributed by atoms with Gasteiger partial charge in [-0.15, -0.1) is 0 Å². The Balaban J connectivity index is 2.21. The van der Waals surface area contributed by atoms with Gasteiger partial charge in [0.15, 0.2) is 6.29 Å². The minimum Gasteiger partial charge on any atom is -0.487 e. The van der Waals surface area contributed by atoms with Crippen molar-refractivity contribution in [3.63, 3.8) is 0 Å². The van der Waals surface area contributed by atoms with Gasteiger partial charge in [-0.3, -0.25) is 9.78 Å². The number of aromatic nitrogens is 1. The molecular formula is C15H13NO4. The number of rotatable bonds is 5. The fourth-order valence-corrected chi connectivity index (χ4v) is 1.84. The van der Waals surface area contributed by atoms with Crippen molar-refractivity contribution in [3.8, 4) is 5.75 Å². The number of carbonyl (C=O) groups is 2. The summed E-state index contributed by atoms with van der Waals surface area (Å²) in [6, 6.07) is 6.56. The topological polar surface area (TPSA) is 76.5 Å². The summed E-state index contributed by atoms with van der Waals surface area (Å²) >= 11 is 0. The number of hydrogen-bond acceptors (Lipinski definition) is 4. The molecule has 0 fully saturated rings. The van der Waals surface area contributed by atoms with E-state index in [1.54, 1.807) is 31.2 Å². The first kappa shape index (κ1) is 13.7. The Morgan fingerprint density at radius 3 is 2.90 bits per heavy atom. The van der Waals surface area contributed by atoms with E-state index in [0.717, 1.165) is 5.56 Å². The maximum atomic E-state index is 11.1. The van der Waals surface area contributed by atoms with E-state index >= 15 is 0 Å². The largest absolute Gasteiger partial charge is 0.487 e. The highest BCUT2D eigenvalue weighted by Crippen LogP contribution is 2.19. The van der Waals surface area contributed by atoms with Crippen LogP contribution in [-0.2, 0) is 6.61 Å². The van der Waals surface area contributed by atoms with Crippen LogP contribution in [0.5, 0.6) is 5.75 Å². The fourth-order valence-electron chi connectivity index (χ4n) is 1.84. The van der Waals surface area contributed by atoms with Crippen LogP contribution in [0.4, 0.5) is 0 Å². The average Bonchev–Trinajstić information content (AvgIpc) is 2.46. The molecule has 0 aliphatic carbocycles. The average molecular weight is 271 g/mol. The van der Waals surface area contributed by atoms with Gasteiger partial charge in [0.1, 0.15) is 12.4 Å². The van der Waals surface area contributed by atoms with Gasteiger partial charge in [0, 0.05) is 6.20 Å². The molecule has 0 unspecified atom stereocenters. The summed E-state index contributed by atoms with van der Waals surface area (Å²) < 4.78 is 5.54. The molecule has 5 nitrogen and oxygen atoms in total. The molecule has 0 saturated carbocycles. The smallest absolute Gasteiger partial charge is 0.335 e. The first-order valence-corrected chi connectivity index (χ1v) is 5.97. The lowest BCUT2D eigenvalue weighted by Crippen LogP contribution is -2.05. The number of benzene rings is 1. The fraction of sp³-hybridized carbons (Fsp3) is 0.133. The van der Waals surface area contributed by atoms with Gasteiger partial charge in [0.05, 0.1) is 17.3 Å². The minimum atomic E-state index is -0.973. The predicted octanol–water partition coefficient (Wildman–Crippen LogP) is 2.48. The Bertz CT molecular complexity index is 652. The van der Waals surface area contributed by atoms with Crippen molar-refractivity contribution in [1.82, 2.24) is 4.98 Å². The summed E-state index contributed by atoms with van der Waals surface area (Å²) in [7, 11) is 0. The van der Waals surface area contributed by atoms with Crippen LogP contribution < -0.4 is 4.74 Å². The second kappa shape index (κ2) is 5.97. The van der Waals surface area contributed by atoms with E-state index < -0.39 is 5.97 Å². The molecule has 1 aromatic carbocycles. The molecule has 1 N–H and O–H groups in total. The van der Waals surface area contributed by atoms with Crippen LogP contribution in [0, 0.1) is 6.92 Å². The normalized spacial score (nSPS) is 10.1. The zero-order valence-corrected chi connectivity index (χ0v) is 10.9. The third-order valence-corrected chi connectivity index (χ3v) is 3.00. The number of pyridine rings is 1. The Kier molecular flexibility index (Phi) is 4.10. The first-order chi connectivity index (χ1) is 9.63. The summed E-state index contributed by atoms with van der Waals surface area (Å²) in [5.41, 5.74) is 2.06. The third-order valence-electron chi connectivity index (χ3n) is 3.00. The van der Waals surface area contributed by atoms with Crippen molar-refractivity contribution in [2.45, 2.75) is 13.5 Å². The summed E-state index contributed by atoms with van der Waals surface area (Å²) in [5, 5.41) is 9.06. The molecule has 5 heteroatoms. The lowest BCUT2D eigenvalue weighted by atomic mass is 10.0. The van der Waals surface area contributed by atoms with Gasteiger partial charge >= 0.3 is 5.97 Å². The molecule has 0 spiro atoms. The Morgan fingerprint density at radius 2 is 2.20 bits per heavy atom. The molecule has 0 aliphatic rings. The summed E-state index contributed by atoms with van der Waals surface area (Å²) in [6.45, 7) is 1.91. The van der Waals surface area contributed by atoms with E-state index in [2.05, 4.69) is 4.98 Å². The van der Waals surface area contributed by atoms with Gasteiger partial charge in [-0.2, -0.15) is 0 Å². The molecule has 1 aromatic heterocycles. The van der Waals surface area contributed by atoms with Crippen LogP contribution in [-0.4, -0.2) is 22.3 Å². The van der Waals surface area contributed by atoms with E-state index in [1.165, 1.54) is 12.4 Å². The molecule has 0 radical (unpaired) electrons. The highest BCUT2D eigenvalue weighted by Gasteiger charge is 2.11. The number of carbonyl (C=O) groups excluding carboxylic acids is 1. The SMILES string of the molecule is Cc1c(COc2cnccc2C=O)cccc1C(=O)O. The molecule has 0 bridgehead atoms. The van der Waals surface area contributed by atoms with E-state index in [1.807, 2.05) is 0 Å². The summed E-state index contributed by atoms with van der Waals surface area (Å²) in [6.07, 6.45) is 3.66. The van der Waals surface area contributed by atoms with E-state index in [-0.39, 0.29) is 12.2 Å². The lowest BCUT2D eigenvalue weighted by molar-refractivity contribution is 0.0695. The van der Waals surface area contributed by atoms with Gasteiger partial charge < -0.3 is 9.84 Å². The Labute approximate surface area is 115 Å². The number of nitrogens with zero attached hydrogens (tertiary/aromatic N) is 1. The summed E-state index contributed by atoms with van der Waals surface area (Å²) in [5.74, 6) is -0.595. The van der Waals surface area contributed by atoms with E-state index in [4.69, 9.17) is 9.84 Å². The van der Waals surface area contributed by atoms with Crippen molar-refractivity contribution >= 4 is 12.3 Å². The Hall–Kier alpha value is -2.69. The van der Waals surface area contributed by atoms with E-state index in [9.17, 15) is 9.59 Å². The number of carboxylic acid groups (broad SMARTS) is 1. The highest BCUT2D eigenvalue weighted by atomic mass is 16.5. The molecule has 20 heavy (non-hydrogen) atoms. The Morgan fingerprint density at radius 1 is 1.40 bits per heavy atom. The number of carboxylic acids is 1. The van der Waals surface area contributed by atoms with Gasteiger partial charge in [-0.1, -0.05) is 12.1 Å². The predicted molar refractivity (Wildman–Crippen MR) is 72.1 cm³/mol. The monoisotopic (exact) mass is 271 g/mol. The van der Waals surface area contributed by atoms with Crippen LogP contribution in [0.3, 0.4) is 0 Å². The first-order valence-electron chi connectivity index (χ1n) is 5.97. The van der Waals surface area contributed by atoms with Gasteiger partial charge in [-0.25, -0.2) is 4.79 Å². The second-order valence-electron chi connectivity index (χ2n) is 4.21. The van der Waals surface area contributed by atoms with Crippen LogP contribution in [0.1, 0.15) is 31.8 Å². The maximum absolute atomic E-state index is 11.1. The molecule has 2 rings (SSSR count). The standard InChI is InChI=1S/C15H13NO4/c1-10-12(3-2-4-13(10)15(18)19)9-20-14-7-16-6-5-11(14)8-17/h2-8H,9H2,1H3,(H,18,19). The number of aromatic carboxylic acids is 1. The van der Waals surface area contributed by atoms with Crippen LogP contribution in [0.15, 0.2) is 36.7 Å². The zero-order chi connectivity index (χ0) is 14.5. The van der Waals surface area contributed by atoms with Crippen molar-refractivity contribution in [1.29, 1.82) is 0 Å². The molecule has 0 aliphatic heterocycles. The number of ether oxygens (including phenoxy) is 1. The van der Waals surface area contributed by atoms with Crippen LogP contribution >= 0.6 is 0 Å². The molecule has 0 saturated heterocycles. The van der Waals surface area contributed by atoms with Crippen molar-refractivity contribution in [3.05, 3.63) is 58.9 Å². The highest BCUT2D eigenvalue weighted by molar-refractivity contribution is 5.89. The number of hydrogen-bond donors (Lipinski definition) is 1. The molecule has 102 valence electrons. The van der Waals surface area contributed by atoms with Gasteiger partial charge in [0.25, 0.3) is 0 Å². The maximum Gasteiger partial charge on any atom is 0.335 e. The van der Waals surface area contributed by atoms with Crippen molar-refractivity contribution in [2.24, 2.45) is 0 Å². The lowest BCUT2D eigenvalue weighted by Gasteiger charge is -2.11. The molecular weight excluding hydrogens is 258 g/mol. The molecule has 2 aromatic rings. The molecule has 1 heterocycles. The van der Waals surface area contributed by atoms with Crippen LogP contribution in [0.25, 0.3) is 0 Å². The van der Waals surface area contributed by atoms with Crippen molar-refractivity contribution in [2.75, 3.05) is 0 Å². The quantitative estimate of drug-likeness (QED) is 0.845. The van der Waals surface area contributed by atoms with E-state index in [0.29, 0.717) is 23.2 Å². The minimum absolute atomic E-state index is 0.180. The van der Waals surface area contributed by atoms with Crippen molar-refractivity contribution < 1.29 is 19.4 Å². The zero-order valence-electron chi connectivity index (χ0n) is 10.9. The van der Waals surface area contributed by atoms with Crippen LogP contribution in [0.2, 0.25) is 0 Å². The van der Waals surface area contributed by atoms with Gasteiger partial charge in [-0.05, 0) is 30.2 Å². The third kappa shape index (κ3) is 2.83. The molecule has 0 amide bonds.